The number of rotatable bonds is 7. The van der Waals surface area contributed by atoms with Gasteiger partial charge in [0.2, 0.25) is 5.91 Å². The minimum atomic E-state index is -4.63. The monoisotopic (exact) mass is 631 g/mol. The molecule has 5 rings (SSSR count). The van der Waals surface area contributed by atoms with Crippen LogP contribution in [0.25, 0.3) is 0 Å². The number of alkyl halides is 3. The van der Waals surface area contributed by atoms with Gasteiger partial charge < -0.3 is 24.2 Å². The number of hydrazone groups is 1. The van der Waals surface area contributed by atoms with E-state index in [0.717, 1.165) is 37.6 Å². The van der Waals surface area contributed by atoms with Crippen molar-refractivity contribution in [1.82, 2.24) is 9.80 Å². The maximum atomic E-state index is 14.4. The van der Waals surface area contributed by atoms with Crippen LogP contribution in [0.5, 0.6) is 11.5 Å². The van der Waals surface area contributed by atoms with Gasteiger partial charge in [-0.15, -0.1) is 0 Å². The number of amides is 1. The molecular weight excluding hydrogens is 591 g/mol. The first-order chi connectivity index (χ1) is 20.9. The fourth-order valence-electron chi connectivity index (χ4n) is 5.52. The molecule has 1 saturated heterocycles. The highest BCUT2D eigenvalue weighted by molar-refractivity contribution is 7.97. The Bertz CT molecular complexity index is 1430. The average Bonchev–Trinajstić information content (AvgIpc) is 3.68. The number of hydrogen-bond acceptors (Lipinski definition) is 8. The highest BCUT2D eigenvalue weighted by Crippen LogP contribution is 2.45. The summed E-state index contributed by atoms with van der Waals surface area (Å²) in [6.45, 7) is 6.34. The van der Waals surface area contributed by atoms with Gasteiger partial charge in [-0.3, -0.25) is 4.79 Å². The molecule has 1 fully saturated rings. The van der Waals surface area contributed by atoms with Crippen LogP contribution >= 0.6 is 11.8 Å². The normalized spacial score (nSPS) is 16.4. The van der Waals surface area contributed by atoms with Gasteiger partial charge in [0.15, 0.2) is 0 Å². The molecule has 3 aliphatic heterocycles. The number of anilines is 2. The van der Waals surface area contributed by atoms with Crippen LogP contribution in [-0.4, -0.2) is 88.4 Å². The highest BCUT2D eigenvalue weighted by atomic mass is 32.2. The molecular formula is C32H40F3N5O3S. The molecule has 2 aromatic rings. The van der Waals surface area contributed by atoms with E-state index in [1.807, 2.05) is 17.4 Å². The molecule has 0 bridgehead atoms. The molecule has 238 valence electrons. The third-order valence-electron chi connectivity index (χ3n) is 7.68. The van der Waals surface area contributed by atoms with Gasteiger partial charge in [-0.25, -0.2) is 5.01 Å². The van der Waals surface area contributed by atoms with E-state index in [-0.39, 0.29) is 23.8 Å². The minimum Gasteiger partial charge on any atom is -0.497 e. The summed E-state index contributed by atoms with van der Waals surface area (Å²) in [6.07, 6.45) is 1.97. The predicted octanol–water partition coefficient (Wildman–Crippen LogP) is 6.09. The van der Waals surface area contributed by atoms with Crippen LogP contribution in [0.3, 0.4) is 0 Å². The number of nitrogens with zero attached hydrogens (tertiary/aromatic N) is 5. The first kappa shape index (κ1) is 33.1. The number of halogens is 3. The van der Waals surface area contributed by atoms with Crippen molar-refractivity contribution in [2.24, 2.45) is 5.10 Å². The van der Waals surface area contributed by atoms with Gasteiger partial charge in [-0.1, -0.05) is 6.58 Å². The molecule has 0 spiro atoms. The second-order valence-corrected chi connectivity index (χ2v) is 11.7. The molecule has 8 nitrogen and oxygen atoms in total. The van der Waals surface area contributed by atoms with Gasteiger partial charge >= 0.3 is 6.18 Å². The van der Waals surface area contributed by atoms with Crippen LogP contribution in [0, 0.1) is 0 Å². The maximum absolute atomic E-state index is 14.4. The zero-order chi connectivity index (χ0) is 32.2. The molecule has 0 aliphatic carbocycles. The number of benzene rings is 2. The van der Waals surface area contributed by atoms with Crippen molar-refractivity contribution in [1.29, 1.82) is 0 Å². The summed E-state index contributed by atoms with van der Waals surface area (Å²) in [7, 11) is 6.41. The molecule has 0 aromatic heterocycles. The Morgan fingerprint density at radius 3 is 2.18 bits per heavy atom. The number of hydrogen-bond donors (Lipinski definition) is 0. The number of carbonyl (C=O) groups is 1. The van der Waals surface area contributed by atoms with Crippen molar-refractivity contribution in [3.05, 3.63) is 71.1 Å². The van der Waals surface area contributed by atoms with Crippen molar-refractivity contribution >= 4 is 34.8 Å². The van der Waals surface area contributed by atoms with E-state index in [1.165, 1.54) is 30.2 Å². The molecule has 1 amide bonds. The standard InChI is InChI=1S/C30H34F3N5O3.C2H6S/c1-19-29-24(10-13-37(29)18-27(39)35(2)3)28(20-14-22(40-4)17-23(15-20)41-5)34-38(19)26-16-21(36-11-6-7-12-36)8-9-25(26)30(31,32)33;1-3-2/h8-9,14-17H,1,6-7,10-13,18H2,2-5H3;1-2H3. The fraction of sp³-hybridized carbons (Fsp3) is 0.438. The van der Waals surface area contributed by atoms with E-state index in [0.29, 0.717) is 47.1 Å². The van der Waals surface area contributed by atoms with Gasteiger partial charge in [0.1, 0.15) is 11.5 Å². The fourth-order valence-corrected chi connectivity index (χ4v) is 5.52. The largest absolute Gasteiger partial charge is 0.497 e. The third-order valence-corrected chi connectivity index (χ3v) is 7.68. The zero-order valence-electron chi connectivity index (χ0n) is 26.1. The Morgan fingerprint density at radius 1 is 1.02 bits per heavy atom. The highest BCUT2D eigenvalue weighted by Gasteiger charge is 2.40. The van der Waals surface area contributed by atoms with E-state index in [9.17, 15) is 18.0 Å². The summed E-state index contributed by atoms with van der Waals surface area (Å²) < 4.78 is 54.3. The minimum absolute atomic E-state index is 0.0628. The summed E-state index contributed by atoms with van der Waals surface area (Å²) in [4.78, 5) is 18.2. The third kappa shape index (κ3) is 6.95. The van der Waals surface area contributed by atoms with Crippen LogP contribution in [0.2, 0.25) is 0 Å². The van der Waals surface area contributed by atoms with Gasteiger partial charge in [0.05, 0.1) is 49.1 Å². The Balaban J connectivity index is 0.00000141. The molecule has 12 heteroatoms. The first-order valence-corrected chi connectivity index (χ1v) is 15.9. The lowest BCUT2D eigenvalue weighted by Crippen LogP contribution is -2.38. The first-order valence-electron chi connectivity index (χ1n) is 14.3. The lowest BCUT2D eigenvalue weighted by Gasteiger charge is -2.34. The Kier molecular flexibility index (Phi) is 10.4. The summed E-state index contributed by atoms with van der Waals surface area (Å²) in [6, 6.07) is 9.45. The molecule has 0 atom stereocenters. The second kappa shape index (κ2) is 13.9. The number of ether oxygens (including phenoxy) is 2. The summed E-state index contributed by atoms with van der Waals surface area (Å²) >= 11 is 1.75. The van der Waals surface area contributed by atoms with Crippen LogP contribution in [-0.2, 0) is 11.0 Å². The van der Waals surface area contributed by atoms with Crippen LogP contribution in [0.1, 0.15) is 30.4 Å². The van der Waals surface area contributed by atoms with Gasteiger partial charge in [0, 0.05) is 56.6 Å². The topological polar surface area (TPSA) is 60.9 Å². The average molecular weight is 632 g/mol. The molecule has 0 saturated carbocycles. The number of thioether (sulfide) groups is 1. The van der Waals surface area contributed by atoms with Crippen molar-refractivity contribution < 1.29 is 27.4 Å². The van der Waals surface area contributed by atoms with E-state index < -0.39 is 11.7 Å². The van der Waals surface area contributed by atoms with Crippen molar-refractivity contribution in [2.45, 2.75) is 25.4 Å². The van der Waals surface area contributed by atoms with Crippen molar-refractivity contribution in [3.63, 3.8) is 0 Å². The molecule has 3 heterocycles. The lowest BCUT2D eigenvalue weighted by atomic mass is 9.97. The molecule has 3 aliphatic rings. The Morgan fingerprint density at radius 2 is 1.64 bits per heavy atom. The van der Waals surface area contributed by atoms with Crippen molar-refractivity contribution in [2.75, 3.05) is 76.9 Å². The van der Waals surface area contributed by atoms with E-state index >= 15 is 0 Å². The maximum Gasteiger partial charge on any atom is 0.418 e. The molecule has 2 aromatic carbocycles. The number of likely N-dealkylation sites (N-methyl/N-ethyl adjacent to an activating group) is 1. The molecule has 0 N–H and O–H groups in total. The van der Waals surface area contributed by atoms with E-state index in [2.05, 4.69) is 11.5 Å². The van der Waals surface area contributed by atoms with Crippen LogP contribution < -0.4 is 19.4 Å². The van der Waals surface area contributed by atoms with Gasteiger partial charge in [-0.2, -0.15) is 30.0 Å². The second-order valence-electron chi connectivity index (χ2n) is 10.9. The number of methoxy groups -OCH3 is 2. The summed E-state index contributed by atoms with van der Waals surface area (Å²) in [5.74, 6) is 0.909. The molecule has 0 radical (unpaired) electrons. The van der Waals surface area contributed by atoms with Gasteiger partial charge in [-0.05, 0) is 62.1 Å². The number of carbonyl (C=O) groups excluding carboxylic acids is 1. The van der Waals surface area contributed by atoms with E-state index in [4.69, 9.17) is 14.6 Å². The molecule has 0 unspecified atom stereocenters. The van der Waals surface area contributed by atoms with Gasteiger partial charge in [0.25, 0.3) is 0 Å². The zero-order valence-corrected chi connectivity index (χ0v) is 26.9. The summed E-state index contributed by atoms with van der Waals surface area (Å²) in [5.41, 5.74) is 2.56. The molecule has 44 heavy (non-hydrogen) atoms. The Labute approximate surface area is 261 Å². The van der Waals surface area contributed by atoms with E-state index in [1.54, 1.807) is 50.1 Å². The Hall–Kier alpha value is -3.80. The van der Waals surface area contributed by atoms with Crippen LogP contribution in [0.4, 0.5) is 24.5 Å². The predicted molar refractivity (Wildman–Crippen MR) is 172 cm³/mol. The smallest absolute Gasteiger partial charge is 0.418 e. The SMILES string of the molecule is C=C1C2=C(CCN2CC(=O)N(C)C)C(c2cc(OC)cc(OC)c2)=NN1c1cc(N2CCCC2)ccc1C(F)(F)F.CSC. The van der Waals surface area contributed by atoms with Crippen LogP contribution in [0.15, 0.2) is 65.0 Å². The summed E-state index contributed by atoms with van der Waals surface area (Å²) in [5, 5.41) is 6.11. The lowest BCUT2D eigenvalue weighted by molar-refractivity contribution is -0.137. The van der Waals surface area contributed by atoms with Crippen molar-refractivity contribution in [3.8, 4) is 11.5 Å². The quantitative estimate of drug-likeness (QED) is 0.367.